The highest BCUT2D eigenvalue weighted by Crippen LogP contribution is 2.28. The second-order valence-corrected chi connectivity index (χ2v) is 6.36. The quantitative estimate of drug-likeness (QED) is 0.227. The van der Waals surface area contributed by atoms with Gasteiger partial charge in [-0.1, -0.05) is 63.9 Å². The highest BCUT2D eigenvalue weighted by atomic mass is 16.5. The summed E-state index contributed by atoms with van der Waals surface area (Å²) in [6, 6.07) is 0. The number of carbonyl (C=O) groups is 1. The maximum Gasteiger partial charge on any atom is 0.333 e. The molecule has 0 spiro atoms. The zero-order valence-electron chi connectivity index (χ0n) is 14.2. The number of carbonyl (C=O) groups excluding carboxylic acids is 1. The van der Waals surface area contributed by atoms with Crippen LogP contribution < -0.4 is 0 Å². The van der Waals surface area contributed by atoms with Crippen LogP contribution in [-0.4, -0.2) is 13.1 Å². The Balaban J connectivity index is 2.39. The molecule has 0 heterocycles. The third-order valence-corrected chi connectivity index (χ3v) is 4.60. The zero-order chi connectivity index (χ0) is 15.3. The van der Waals surface area contributed by atoms with Gasteiger partial charge < -0.3 is 4.74 Å². The molecule has 0 aromatic carbocycles. The first-order valence-electron chi connectivity index (χ1n) is 9.08. The highest BCUT2D eigenvalue weighted by molar-refractivity contribution is 5.89. The summed E-state index contributed by atoms with van der Waals surface area (Å²) < 4.78 is 5.02. The molecule has 0 amide bonds. The molecule has 122 valence electrons. The number of unbranched alkanes of at least 4 members (excludes halogenated alkanes) is 6. The van der Waals surface area contributed by atoms with E-state index in [-0.39, 0.29) is 5.97 Å². The van der Waals surface area contributed by atoms with Crippen LogP contribution >= 0.6 is 0 Å². The number of ether oxygens (including phenoxy) is 1. The molecule has 2 heteroatoms. The van der Waals surface area contributed by atoms with Crippen LogP contribution in [0.2, 0.25) is 0 Å². The predicted octanol–water partition coefficient (Wildman–Crippen LogP) is 5.95. The van der Waals surface area contributed by atoms with Gasteiger partial charge >= 0.3 is 5.97 Å². The SMILES string of the molecule is CCCCCCCCCC(C(=O)OC)=C1CCCCCC1. The molecule has 1 fully saturated rings. The van der Waals surface area contributed by atoms with E-state index >= 15 is 0 Å². The van der Waals surface area contributed by atoms with E-state index in [0.29, 0.717) is 0 Å². The van der Waals surface area contributed by atoms with Gasteiger partial charge in [0.05, 0.1) is 7.11 Å². The van der Waals surface area contributed by atoms with Crippen molar-refractivity contribution in [2.24, 2.45) is 0 Å². The molecule has 0 aliphatic heterocycles. The fourth-order valence-corrected chi connectivity index (χ4v) is 3.26. The molecule has 1 aliphatic rings. The number of esters is 1. The Morgan fingerprint density at radius 1 is 0.905 bits per heavy atom. The summed E-state index contributed by atoms with van der Waals surface area (Å²) in [6.45, 7) is 2.25. The first kappa shape index (κ1) is 18.3. The lowest BCUT2D eigenvalue weighted by molar-refractivity contribution is -0.136. The molecular weight excluding hydrogens is 260 g/mol. The zero-order valence-corrected chi connectivity index (χ0v) is 14.2. The van der Waals surface area contributed by atoms with Gasteiger partial charge in [-0.15, -0.1) is 0 Å². The third-order valence-electron chi connectivity index (χ3n) is 4.60. The Bertz CT molecular complexity index is 308. The summed E-state index contributed by atoms with van der Waals surface area (Å²) in [6.07, 6.45) is 17.3. The Hall–Kier alpha value is -0.790. The summed E-state index contributed by atoms with van der Waals surface area (Å²) in [5.74, 6) is -0.0714. The molecular formula is C19H34O2. The fourth-order valence-electron chi connectivity index (χ4n) is 3.26. The van der Waals surface area contributed by atoms with E-state index in [1.54, 1.807) is 0 Å². The first-order chi connectivity index (χ1) is 10.3. The number of allylic oxidation sites excluding steroid dienone is 1. The minimum Gasteiger partial charge on any atom is -0.466 e. The second kappa shape index (κ2) is 11.8. The van der Waals surface area contributed by atoms with Gasteiger partial charge in [0.25, 0.3) is 0 Å². The van der Waals surface area contributed by atoms with E-state index in [1.165, 1.54) is 76.9 Å². The molecule has 0 N–H and O–H groups in total. The molecule has 0 atom stereocenters. The molecule has 0 bridgehead atoms. The smallest absolute Gasteiger partial charge is 0.333 e. The van der Waals surface area contributed by atoms with Crippen LogP contribution in [0.3, 0.4) is 0 Å². The lowest BCUT2D eigenvalue weighted by Crippen LogP contribution is -2.08. The molecule has 1 aliphatic carbocycles. The van der Waals surface area contributed by atoms with Gasteiger partial charge in [0, 0.05) is 5.57 Å². The van der Waals surface area contributed by atoms with E-state index in [9.17, 15) is 4.79 Å². The van der Waals surface area contributed by atoms with Crippen molar-refractivity contribution in [3.05, 3.63) is 11.1 Å². The third kappa shape index (κ3) is 7.68. The Kier molecular flexibility index (Phi) is 10.3. The van der Waals surface area contributed by atoms with Crippen molar-refractivity contribution in [3.63, 3.8) is 0 Å². The van der Waals surface area contributed by atoms with Gasteiger partial charge in [0.2, 0.25) is 0 Å². The summed E-state index contributed by atoms with van der Waals surface area (Å²) >= 11 is 0. The van der Waals surface area contributed by atoms with Gasteiger partial charge in [0.15, 0.2) is 0 Å². The van der Waals surface area contributed by atoms with Gasteiger partial charge in [0.1, 0.15) is 0 Å². The van der Waals surface area contributed by atoms with Crippen LogP contribution in [0.25, 0.3) is 0 Å². The maximum atomic E-state index is 12.0. The van der Waals surface area contributed by atoms with E-state index in [0.717, 1.165) is 31.3 Å². The fraction of sp³-hybridized carbons (Fsp3) is 0.842. The van der Waals surface area contributed by atoms with Crippen LogP contribution in [0.5, 0.6) is 0 Å². The van der Waals surface area contributed by atoms with Gasteiger partial charge in [-0.05, 0) is 38.5 Å². The summed E-state index contributed by atoms with van der Waals surface area (Å²) in [4.78, 5) is 12.0. The van der Waals surface area contributed by atoms with Crippen molar-refractivity contribution in [1.82, 2.24) is 0 Å². The van der Waals surface area contributed by atoms with Crippen molar-refractivity contribution in [2.45, 2.75) is 96.8 Å². The first-order valence-corrected chi connectivity index (χ1v) is 9.08. The van der Waals surface area contributed by atoms with Crippen molar-refractivity contribution in [1.29, 1.82) is 0 Å². The molecule has 21 heavy (non-hydrogen) atoms. The molecule has 0 radical (unpaired) electrons. The molecule has 1 rings (SSSR count). The number of hydrogen-bond acceptors (Lipinski definition) is 2. The van der Waals surface area contributed by atoms with Crippen LogP contribution in [0.4, 0.5) is 0 Å². The van der Waals surface area contributed by atoms with E-state index < -0.39 is 0 Å². The van der Waals surface area contributed by atoms with E-state index in [1.807, 2.05) is 0 Å². The van der Waals surface area contributed by atoms with Crippen LogP contribution in [0, 0.1) is 0 Å². The topological polar surface area (TPSA) is 26.3 Å². The minimum atomic E-state index is -0.0714. The van der Waals surface area contributed by atoms with Gasteiger partial charge in [-0.25, -0.2) is 4.79 Å². The Labute approximate surface area is 131 Å². The summed E-state index contributed by atoms with van der Waals surface area (Å²) in [5.41, 5.74) is 2.40. The van der Waals surface area contributed by atoms with Gasteiger partial charge in [-0.3, -0.25) is 0 Å². The average molecular weight is 294 g/mol. The molecule has 0 aromatic heterocycles. The van der Waals surface area contributed by atoms with Crippen molar-refractivity contribution < 1.29 is 9.53 Å². The average Bonchev–Trinajstić information content (AvgIpc) is 2.78. The predicted molar refractivity (Wildman–Crippen MR) is 89.4 cm³/mol. The number of hydrogen-bond donors (Lipinski definition) is 0. The van der Waals surface area contributed by atoms with Crippen LogP contribution in [0.15, 0.2) is 11.1 Å². The van der Waals surface area contributed by atoms with Gasteiger partial charge in [-0.2, -0.15) is 0 Å². The molecule has 0 unspecified atom stereocenters. The van der Waals surface area contributed by atoms with Crippen molar-refractivity contribution >= 4 is 5.97 Å². The van der Waals surface area contributed by atoms with Crippen molar-refractivity contribution in [2.75, 3.05) is 7.11 Å². The summed E-state index contributed by atoms with van der Waals surface area (Å²) in [7, 11) is 1.52. The maximum absolute atomic E-state index is 12.0. The van der Waals surface area contributed by atoms with Crippen LogP contribution in [0.1, 0.15) is 96.8 Å². The largest absolute Gasteiger partial charge is 0.466 e. The number of methoxy groups -OCH3 is 1. The number of rotatable bonds is 9. The Morgan fingerprint density at radius 2 is 1.48 bits per heavy atom. The normalized spacial score (nSPS) is 15.6. The minimum absolute atomic E-state index is 0.0714. The second-order valence-electron chi connectivity index (χ2n) is 6.36. The van der Waals surface area contributed by atoms with Crippen molar-refractivity contribution in [3.8, 4) is 0 Å². The monoisotopic (exact) mass is 294 g/mol. The molecule has 2 nitrogen and oxygen atoms in total. The van der Waals surface area contributed by atoms with E-state index in [2.05, 4.69) is 6.92 Å². The molecule has 1 saturated carbocycles. The standard InChI is InChI=1S/C19H34O2/c1-3-4-5-6-7-8-13-16-18(19(20)21-2)17-14-11-9-10-12-15-17/h3-16H2,1-2H3. The molecule has 0 saturated heterocycles. The highest BCUT2D eigenvalue weighted by Gasteiger charge is 2.16. The lowest BCUT2D eigenvalue weighted by Gasteiger charge is -2.12. The Morgan fingerprint density at radius 3 is 2.05 bits per heavy atom. The summed E-state index contributed by atoms with van der Waals surface area (Å²) in [5, 5.41) is 0. The molecule has 0 aromatic rings. The van der Waals surface area contributed by atoms with Crippen LogP contribution in [-0.2, 0) is 9.53 Å². The van der Waals surface area contributed by atoms with E-state index in [4.69, 9.17) is 4.74 Å². The lowest BCUT2D eigenvalue weighted by atomic mass is 9.96.